The second-order valence-electron chi connectivity index (χ2n) is 4.26. The fraction of sp³-hybridized carbons (Fsp3) is 0.200. The second-order valence-corrected chi connectivity index (χ2v) is 6.02. The van der Waals surface area contributed by atoms with Crippen LogP contribution in [0.4, 0.5) is 0 Å². The minimum absolute atomic E-state index is 0.273. The van der Waals surface area contributed by atoms with Crippen LogP contribution >= 0.6 is 39.1 Å². The highest BCUT2D eigenvalue weighted by Gasteiger charge is 2.15. The van der Waals surface area contributed by atoms with E-state index in [9.17, 15) is 0 Å². The van der Waals surface area contributed by atoms with Gasteiger partial charge in [-0.25, -0.2) is 0 Å². The number of aryl methyl sites for hydroxylation is 1. The van der Waals surface area contributed by atoms with E-state index in [1.54, 1.807) is 7.11 Å². The fourth-order valence-electron chi connectivity index (χ4n) is 1.95. The van der Waals surface area contributed by atoms with Gasteiger partial charge in [0.15, 0.2) is 0 Å². The molecule has 0 N–H and O–H groups in total. The Morgan fingerprint density at radius 1 is 1.16 bits per heavy atom. The quantitative estimate of drug-likeness (QED) is 0.634. The first-order chi connectivity index (χ1) is 9.02. The topological polar surface area (TPSA) is 9.23 Å². The Bertz CT molecular complexity index is 599. The molecule has 1 nitrogen and oxygen atoms in total. The number of hydrogen-bond acceptors (Lipinski definition) is 1. The SMILES string of the molecule is COc1ccc(C(Cl)c2ccc(Br)cc2Cl)cc1C. The minimum atomic E-state index is -0.273. The highest BCUT2D eigenvalue weighted by Crippen LogP contribution is 2.36. The first-order valence-electron chi connectivity index (χ1n) is 5.76. The molecule has 0 radical (unpaired) electrons. The number of halogens is 3. The molecule has 2 rings (SSSR count). The Hall–Kier alpha value is -0.700. The third-order valence-corrected chi connectivity index (χ3v) is 4.25. The van der Waals surface area contributed by atoms with E-state index < -0.39 is 0 Å². The van der Waals surface area contributed by atoms with Crippen molar-refractivity contribution in [3.63, 3.8) is 0 Å². The molecule has 0 amide bonds. The third-order valence-electron chi connectivity index (χ3n) is 2.95. The average molecular weight is 360 g/mol. The minimum Gasteiger partial charge on any atom is -0.496 e. The van der Waals surface area contributed by atoms with Crippen molar-refractivity contribution in [1.82, 2.24) is 0 Å². The molecule has 19 heavy (non-hydrogen) atoms. The molecule has 0 aliphatic carbocycles. The fourth-order valence-corrected chi connectivity index (χ4v) is 3.11. The number of rotatable bonds is 3. The van der Waals surface area contributed by atoms with Crippen LogP contribution < -0.4 is 4.74 Å². The van der Waals surface area contributed by atoms with E-state index in [1.165, 1.54) is 0 Å². The third kappa shape index (κ3) is 3.25. The highest BCUT2D eigenvalue weighted by molar-refractivity contribution is 9.10. The molecule has 2 aromatic carbocycles. The molecule has 0 bridgehead atoms. The van der Waals surface area contributed by atoms with Gasteiger partial charge in [-0.05, 0) is 41.8 Å². The van der Waals surface area contributed by atoms with Crippen molar-refractivity contribution in [2.75, 3.05) is 7.11 Å². The molecule has 0 saturated carbocycles. The zero-order valence-corrected chi connectivity index (χ0v) is 13.7. The number of benzene rings is 2. The standard InChI is InChI=1S/C15H13BrCl2O/c1-9-7-10(3-6-14(9)19-2)15(18)12-5-4-11(16)8-13(12)17/h3-8,15H,1-2H3. The van der Waals surface area contributed by atoms with Gasteiger partial charge in [0, 0.05) is 9.50 Å². The molecule has 1 unspecified atom stereocenters. The molecule has 0 fully saturated rings. The summed E-state index contributed by atoms with van der Waals surface area (Å²) >= 11 is 16.1. The molecule has 0 aliphatic heterocycles. The summed E-state index contributed by atoms with van der Waals surface area (Å²) in [5, 5.41) is 0.382. The van der Waals surface area contributed by atoms with Crippen LogP contribution in [0.1, 0.15) is 22.1 Å². The van der Waals surface area contributed by atoms with E-state index >= 15 is 0 Å². The maximum Gasteiger partial charge on any atom is 0.121 e. The van der Waals surface area contributed by atoms with E-state index in [0.29, 0.717) is 5.02 Å². The summed E-state index contributed by atoms with van der Waals surface area (Å²) in [4.78, 5) is 0. The zero-order valence-electron chi connectivity index (χ0n) is 10.6. The van der Waals surface area contributed by atoms with Gasteiger partial charge < -0.3 is 4.74 Å². The van der Waals surface area contributed by atoms with Crippen LogP contribution in [0.15, 0.2) is 40.9 Å². The Morgan fingerprint density at radius 3 is 2.47 bits per heavy atom. The summed E-state index contributed by atoms with van der Waals surface area (Å²) < 4.78 is 6.19. The molecule has 100 valence electrons. The van der Waals surface area contributed by atoms with E-state index in [-0.39, 0.29) is 5.38 Å². The number of methoxy groups -OCH3 is 1. The molecule has 0 heterocycles. The highest BCUT2D eigenvalue weighted by atomic mass is 79.9. The van der Waals surface area contributed by atoms with Crippen LogP contribution in [0.5, 0.6) is 5.75 Å². The number of ether oxygens (including phenoxy) is 1. The molecule has 2 aromatic rings. The first-order valence-corrected chi connectivity index (χ1v) is 7.37. The van der Waals surface area contributed by atoms with Crippen LogP contribution in [0, 0.1) is 6.92 Å². The van der Waals surface area contributed by atoms with E-state index in [2.05, 4.69) is 15.9 Å². The molecular formula is C15H13BrCl2O. The summed E-state index contributed by atoms with van der Waals surface area (Å²) in [6.07, 6.45) is 0. The van der Waals surface area contributed by atoms with E-state index in [1.807, 2.05) is 43.3 Å². The largest absolute Gasteiger partial charge is 0.496 e. The van der Waals surface area contributed by atoms with Gasteiger partial charge in [-0.15, -0.1) is 11.6 Å². The van der Waals surface area contributed by atoms with Gasteiger partial charge in [0.05, 0.1) is 12.5 Å². The summed E-state index contributed by atoms with van der Waals surface area (Å²) in [5.41, 5.74) is 2.96. The second kappa shape index (κ2) is 6.17. The van der Waals surface area contributed by atoms with Crippen molar-refractivity contribution >= 4 is 39.1 Å². The summed E-state index contributed by atoms with van der Waals surface area (Å²) in [7, 11) is 1.66. The van der Waals surface area contributed by atoms with Gasteiger partial charge in [0.25, 0.3) is 0 Å². The van der Waals surface area contributed by atoms with E-state index in [0.717, 1.165) is 26.9 Å². The molecule has 0 saturated heterocycles. The van der Waals surface area contributed by atoms with Crippen LogP contribution in [-0.4, -0.2) is 7.11 Å². The molecule has 0 spiro atoms. The lowest BCUT2D eigenvalue weighted by atomic mass is 10.0. The monoisotopic (exact) mass is 358 g/mol. The average Bonchev–Trinajstić information content (AvgIpc) is 2.38. The Balaban J connectivity index is 2.38. The predicted octanol–water partition coefficient (Wildman–Crippen LogP) is 5.75. The molecule has 0 aliphatic rings. The van der Waals surface area contributed by atoms with Gasteiger partial charge >= 0.3 is 0 Å². The summed E-state index contributed by atoms with van der Waals surface area (Å²) in [6.45, 7) is 2.00. The van der Waals surface area contributed by atoms with Crippen molar-refractivity contribution in [2.45, 2.75) is 12.3 Å². The molecule has 4 heteroatoms. The molecule has 0 aromatic heterocycles. The van der Waals surface area contributed by atoms with Crippen molar-refractivity contribution < 1.29 is 4.74 Å². The van der Waals surface area contributed by atoms with Gasteiger partial charge in [-0.2, -0.15) is 0 Å². The number of alkyl halides is 1. The Morgan fingerprint density at radius 2 is 1.89 bits per heavy atom. The normalized spacial score (nSPS) is 12.3. The Labute approximate surface area is 131 Å². The lowest BCUT2D eigenvalue weighted by Crippen LogP contribution is -1.96. The smallest absolute Gasteiger partial charge is 0.121 e. The zero-order chi connectivity index (χ0) is 14.0. The van der Waals surface area contributed by atoms with Crippen LogP contribution in [0.3, 0.4) is 0 Å². The maximum atomic E-state index is 6.52. The first kappa shape index (κ1) is 14.7. The van der Waals surface area contributed by atoms with Crippen molar-refractivity contribution in [1.29, 1.82) is 0 Å². The summed E-state index contributed by atoms with van der Waals surface area (Å²) in [6, 6.07) is 11.6. The lowest BCUT2D eigenvalue weighted by Gasteiger charge is -2.14. The van der Waals surface area contributed by atoms with Crippen LogP contribution in [-0.2, 0) is 0 Å². The molecular weight excluding hydrogens is 347 g/mol. The van der Waals surface area contributed by atoms with Crippen molar-refractivity contribution in [3.8, 4) is 5.75 Å². The Kier molecular flexibility index (Phi) is 4.77. The van der Waals surface area contributed by atoms with E-state index in [4.69, 9.17) is 27.9 Å². The maximum absolute atomic E-state index is 6.52. The van der Waals surface area contributed by atoms with Gasteiger partial charge in [-0.1, -0.05) is 45.7 Å². The number of hydrogen-bond donors (Lipinski definition) is 0. The van der Waals surface area contributed by atoms with Gasteiger partial charge in [0.1, 0.15) is 5.75 Å². The van der Waals surface area contributed by atoms with Crippen LogP contribution in [0.25, 0.3) is 0 Å². The van der Waals surface area contributed by atoms with Gasteiger partial charge in [-0.3, -0.25) is 0 Å². The van der Waals surface area contributed by atoms with Crippen LogP contribution in [0.2, 0.25) is 5.02 Å². The van der Waals surface area contributed by atoms with Crippen molar-refractivity contribution in [2.24, 2.45) is 0 Å². The van der Waals surface area contributed by atoms with Gasteiger partial charge in [0.2, 0.25) is 0 Å². The summed E-state index contributed by atoms with van der Waals surface area (Å²) in [5.74, 6) is 0.856. The lowest BCUT2D eigenvalue weighted by molar-refractivity contribution is 0.411. The predicted molar refractivity (Wildman–Crippen MR) is 84.6 cm³/mol. The van der Waals surface area contributed by atoms with Crippen molar-refractivity contribution in [3.05, 3.63) is 62.6 Å². The molecule has 1 atom stereocenters.